The summed E-state index contributed by atoms with van der Waals surface area (Å²) >= 11 is 0. The van der Waals surface area contributed by atoms with Crippen LogP contribution in [-0.4, -0.2) is 17.3 Å². The number of alkyl halides is 3. The molecule has 0 aliphatic carbocycles. The van der Waals surface area contributed by atoms with Gasteiger partial charge in [-0.2, -0.15) is 18.2 Å². The molecule has 0 saturated carbocycles. The van der Waals surface area contributed by atoms with Gasteiger partial charge in [0.2, 0.25) is 0 Å². The van der Waals surface area contributed by atoms with Gasteiger partial charge >= 0.3 is 6.18 Å². The normalized spacial score (nSPS) is 11.6. The van der Waals surface area contributed by atoms with Crippen molar-refractivity contribution in [2.24, 2.45) is 0 Å². The molecular weight excluding hydrogens is 251 g/mol. The summed E-state index contributed by atoms with van der Waals surface area (Å²) in [6.07, 6.45) is -4.65. The van der Waals surface area contributed by atoms with Crippen molar-refractivity contribution in [2.75, 3.05) is 12.8 Å². The second-order valence-electron chi connectivity index (χ2n) is 3.38. The van der Waals surface area contributed by atoms with Crippen LogP contribution in [0.2, 0.25) is 0 Å². The van der Waals surface area contributed by atoms with Crippen LogP contribution in [0.1, 0.15) is 5.82 Å². The van der Waals surface area contributed by atoms with Crippen LogP contribution in [0.15, 0.2) is 22.7 Å². The van der Waals surface area contributed by atoms with Crippen LogP contribution in [0.5, 0.6) is 5.75 Å². The molecule has 0 radical (unpaired) electrons. The van der Waals surface area contributed by atoms with E-state index in [4.69, 9.17) is 10.5 Å². The largest absolute Gasteiger partial charge is 0.496 e. The molecule has 2 N–H and O–H groups in total. The first-order chi connectivity index (χ1) is 8.41. The van der Waals surface area contributed by atoms with Crippen LogP contribution in [0.3, 0.4) is 0 Å². The van der Waals surface area contributed by atoms with Crippen molar-refractivity contribution in [3.8, 4) is 17.2 Å². The number of aromatic nitrogens is 2. The van der Waals surface area contributed by atoms with Crippen LogP contribution < -0.4 is 10.5 Å². The number of rotatable bonds is 2. The van der Waals surface area contributed by atoms with Crippen LogP contribution in [0.4, 0.5) is 18.9 Å². The summed E-state index contributed by atoms with van der Waals surface area (Å²) in [6, 6.07) is 4.39. The monoisotopic (exact) mass is 259 g/mol. The lowest BCUT2D eigenvalue weighted by Crippen LogP contribution is -2.07. The van der Waals surface area contributed by atoms with Crippen molar-refractivity contribution in [1.29, 1.82) is 0 Å². The van der Waals surface area contributed by atoms with Gasteiger partial charge in [0.05, 0.1) is 12.7 Å². The van der Waals surface area contributed by atoms with Gasteiger partial charge in [-0.15, -0.1) is 0 Å². The molecule has 0 atom stereocenters. The number of halogens is 3. The predicted octanol–water partition coefficient (Wildman–Crippen LogP) is 2.35. The predicted molar refractivity (Wildman–Crippen MR) is 55.7 cm³/mol. The number of nitrogens with zero attached hydrogens (tertiary/aromatic N) is 2. The molecule has 5 nitrogen and oxygen atoms in total. The summed E-state index contributed by atoms with van der Waals surface area (Å²) in [5.74, 6) is -1.36. The lowest BCUT2D eigenvalue weighted by atomic mass is 10.2. The summed E-state index contributed by atoms with van der Waals surface area (Å²) in [5, 5.41) is 2.86. The average Bonchev–Trinajstić information content (AvgIpc) is 2.77. The third-order valence-electron chi connectivity index (χ3n) is 2.14. The van der Waals surface area contributed by atoms with Crippen molar-refractivity contribution in [1.82, 2.24) is 10.1 Å². The Morgan fingerprint density at radius 3 is 2.61 bits per heavy atom. The Kier molecular flexibility index (Phi) is 2.85. The number of benzene rings is 1. The van der Waals surface area contributed by atoms with Gasteiger partial charge in [0.15, 0.2) is 0 Å². The van der Waals surface area contributed by atoms with Gasteiger partial charge in [-0.25, -0.2) is 0 Å². The van der Waals surface area contributed by atoms with E-state index in [1.54, 1.807) is 0 Å². The average molecular weight is 259 g/mol. The standard InChI is InChI=1S/C10H8F3N3O2/c1-17-7-4-5(14)2-3-6(7)8-15-9(16-18-8)10(11,12)13/h2-4H,14H2,1H3. The molecule has 1 aromatic carbocycles. The Morgan fingerprint density at radius 2 is 2.06 bits per heavy atom. The fraction of sp³-hybridized carbons (Fsp3) is 0.200. The molecule has 1 heterocycles. The molecule has 0 aliphatic rings. The minimum Gasteiger partial charge on any atom is -0.496 e. The molecule has 1 aromatic heterocycles. The van der Waals surface area contributed by atoms with E-state index in [2.05, 4.69) is 14.7 Å². The maximum Gasteiger partial charge on any atom is 0.455 e. The molecule has 2 rings (SSSR count). The quantitative estimate of drug-likeness (QED) is 0.838. The van der Waals surface area contributed by atoms with Gasteiger partial charge in [0.25, 0.3) is 11.7 Å². The maximum atomic E-state index is 12.3. The summed E-state index contributed by atoms with van der Waals surface area (Å²) < 4.78 is 46.5. The van der Waals surface area contributed by atoms with E-state index in [0.717, 1.165) is 0 Å². The van der Waals surface area contributed by atoms with Crippen molar-refractivity contribution < 1.29 is 22.4 Å². The van der Waals surface area contributed by atoms with Crippen molar-refractivity contribution >= 4 is 5.69 Å². The Balaban J connectivity index is 2.46. The summed E-state index contributed by atoms with van der Waals surface area (Å²) in [7, 11) is 1.36. The first-order valence-electron chi connectivity index (χ1n) is 4.76. The van der Waals surface area contributed by atoms with Gasteiger partial charge in [-0.1, -0.05) is 5.16 Å². The molecule has 8 heteroatoms. The van der Waals surface area contributed by atoms with E-state index in [0.29, 0.717) is 5.69 Å². The Labute approximate surface area is 99.4 Å². The first kappa shape index (κ1) is 12.2. The minimum absolute atomic E-state index is 0.245. The van der Waals surface area contributed by atoms with Crippen LogP contribution >= 0.6 is 0 Å². The third kappa shape index (κ3) is 2.22. The van der Waals surface area contributed by atoms with Gasteiger partial charge in [0, 0.05) is 11.8 Å². The summed E-state index contributed by atoms with van der Waals surface area (Å²) in [6.45, 7) is 0. The lowest BCUT2D eigenvalue weighted by Gasteiger charge is -2.05. The van der Waals surface area contributed by atoms with E-state index in [-0.39, 0.29) is 17.2 Å². The molecule has 0 amide bonds. The van der Waals surface area contributed by atoms with E-state index in [1.807, 2.05) is 0 Å². The second-order valence-corrected chi connectivity index (χ2v) is 3.38. The van der Waals surface area contributed by atoms with Crippen molar-refractivity contribution in [3.63, 3.8) is 0 Å². The van der Waals surface area contributed by atoms with Gasteiger partial charge < -0.3 is 15.0 Å². The highest BCUT2D eigenvalue weighted by molar-refractivity contribution is 5.66. The Hall–Kier alpha value is -2.25. The Morgan fingerprint density at radius 1 is 1.33 bits per heavy atom. The van der Waals surface area contributed by atoms with Crippen LogP contribution in [-0.2, 0) is 6.18 Å². The molecule has 0 unspecified atom stereocenters. The molecule has 0 fully saturated rings. The summed E-state index contributed by atoms with van der Waals surface area (Å²) in [4.78, 5) is 3.27. The highest BCUT2D eigenvalue weighted by atomic mass is 19.4. The van der Waals surface area contributed by atoms with Gasteiger partial charge in [-0.3, -0.25) is 0 Å². The second kappa shape index (κ2) is 4.21. The van der Waals surface area contributed by atoms with Gasteiger partial charge in [-0.05, 0) is 12.1 Å². The third-order valence-corrected chi connectivity index (χ3v) is 2.14. The summed E-state index contributed by atoms with van der Waals surface area (Å²) in [5.41, 5.74) is 6.18. The number of nitrogens with two attached hydrogens (primary N) is 1. The zero-order valence-corrected chi connectivity index (χ0v) is 9.15. The number of hydrogen-bond donors (Lipinski definition) is 1. The zero-order valence-electron chi connectivity index (χ0n) is 9.15. The molecule has 96 valence electrons. The zero-order chi connectivity index (χ0) is 13.3. The number of nitrogen functional groups attached to an aromatic ring is 1. The van der Waals surface area contributed by atoms with E-state index in [1.165, 1.54) is 25.3 Å². The fourth-order valence-electron chi connectivity index (χ4n) is 1.33. The molecule has 2 aromatic rings. The molecule has 0 aliphatic heterocycles. The number of methoxy groups -OCH3 is 1. The van der Waals surface area contributed by atoms with Crippen molar-refractivity contribution in [2.45, 2.75) is 6.18 Å². The van der Waals surface area contributed by atoms with Crippen molar-refractivity contribution in [3.05, 3.63) is 24.0 Å². The minimum atomic E-state index is -4.65. The van der Waals surface area contributed by atoms with Gasteiger partial charge in [0.1, 0.15) is 5.75 Å². The molecule has 0 spiro atoms. The fourth-order valence-corrected chi connectivity index (χ4v) is 1.33. The number of anilines is 1. The molecule has 18 heavy (non-hydrogen) atoms. The Bertz CT molecular complexity index is 566. The molecule has 0 bridgehead atoms. The van der Waals surface area contributed by atoms with E-state index >= 15 is 0 Å². The topological polar surface area (TPSA) is 74.2 Å². The van der Waals surface area contributed by atoms with Crippen LogP contribution in [0, 0.1) is 0 Å². The van der Waals surface area contributed by atoms with Crippen LogP contribution in [0.25, 0.3) is 11.5 Å². The smallest absolute Gasteiger partial charge is 0.455 e. The highest BCUT2D eigenvalue weighted by Gasteiger charge is 2.37. The highest BCUT2D eigenvalue weighted by Crippen LogP contribution is 2.33. The number of hydrogen-bond acceptors (Lipinski definition) is 5. The molecular formula is C10H8F3N3O2. The number of ether oxygens (including phenoxy) is 1. The first-order valence-corrected chi connectivity index (χ1v) is 4.76. The lowest BCUT2D eigenvalue weighted by molar-refractivity contribution is -0.146. The van der Waals surface area contributed by atoms with E-state index in [9.17, 15) is 13.2 Å². The maximum absolute atomic E-state index is 12.3. The SMILES string of the molecule is COc1cc(N)ccc1-c1nc(C(F)(F)F)no1. The molecule has 0 saturated heterocycles. The van der Waals surface area contributed by atoms with E-state index < -0.39 is 12.0 Å².